The molecule has 0 aromatic heterocycles. The van der Waals surface area contributed by atoms with Crippen LogP contribution in [0, 0.1) is 5.92 Å². The van der Waals surface area contributed by atoms with Gasteiger partial charge in [0.15, 0.2) is 0 Å². The number of benzene rings is 1. The summed E-state index contributed by atoms with van der Waals surface area (Å²) in [6.45, 7) is 7.91. The predicted molar refractivity (Wildman–Crippen MR) is 77.6 cm³/mol. The molecule has 1 unspecified atom stereocenters. The molecule has 1 N–H and O–H groups in total. The lowest BCUT2D eigenvalue weighted by atomic mass is 10.0. The minimum atomic E-state index is 0.632. The number of piperazine rings is 1. The highest BCUT2D eigenvalue weighted by Crippen LogP contribution is 2.20. The molecule has 1 fully saturated rings. The summed E-state index contributed by atoms with van der Waals surface area (Å²) in [7, 11) is 0. The van der Waals surface area contributed by atoms with Crippen molar-refractivity contribution in [3.63, 3.8) is 0 Å². The molecule has 2 nitrogen and oxygen atoms in total. The summed E-state index contributed by atoms with van der Waals surface area (Å²) < 4.78 is 1.15. The first kappa shape index (κ1) is 12.9. The van der Waals surface area contributed by atoms with Crippen LogP contribution >= 0.6 is 15.9 Å². The van der Waals surface area contributed by atoms with Crippen molar-refractivity contribution in [2.75, 3.05) is 24.5 Å². The summed E-state index contributed by atoms with van der Waals surface area (Å²) in [5.41, 5.74) is 1.34. The number of rotatable bonds is 3. The molecule has 17 heavy (non-hydrogen) atoms. The van der Waals surface area contributed by atoms with E-state index in [1.807, 2.05) is 0 Å². The first-order valence-electron chi connectivity index (χ1n) is 6.39. The van der Waals surface area contributed by atoms with Gasteiger partial charge in [-0.05, 0) is 36.6 Å². The molecular formula is C14H21BrN2. The largest absolute Gasteiger partial charge is 0.369 e. The quantitative estimate of drug-likeness (QED) is 0.921. The fraction of sp³-hybridized carbons (Fsp3) is 0.571. The number of hydrogen-bond donors (Lipinski definition) is 1. The van der Waals surface area contributed by atoms with Gasteiger partial charge in [-0.15, -0.1) is 0 Å². The number of nitrogens with zero attached hydrogens (tertiary/aromatic N) is 1. The highest BCUT2D eigenvalue weighted by molar-refractivity contribution is 9.10. The lowest BCUT2D eigenvalue weighted by Crippen LogP contribution is -2.51. The van der Waals surface area contributed by atoms with Crippen molar-refractivity contribution in [3.8, 4) is 0 Å². The van der Waals surface area contributed by atoms with Crippen LogP contribution in [0.15, 0.2) is 28.7 Å². The molecule has 0 aliphatic carbocycles. The van der Waals surface area contributed by atoms with Gasteiger partial charge in [-0.2, -0.15) is 0 Å². The molecule has 3 heteroatoms. The van der Waals surface area contributed by atoms with E-state index in [1.54, 1.807) is 0 Å². The molecule has 0 amide bonds. The van der Waals surface area contributed by atoms with Gasteiger partial charge in [-0.1, -0.05) is 29.8 Å². The Bertz CT molecular complexity index is 348. The van der Waals surface area contributed by atoms with Crippen molar-refractivity contribution >= 4 is 21.6 Å². The van der Waals surface area contributed by atoms with E-state index in [-0.39, 0.29) is 0 Å². The summed E-state index contributed by atoms with van der Waals surface area (Å²) in [4.78, 5) is 2.48. The molecule has 1 heterocycles. The topological polar surface area (TPSA) is 15.3 Å². The van der Waals surface area contributed by atoms with E-state index in [0.717, 1.165) is 30.0 Å². The summed E-state index contributed by atoms with van der Waals surface area (Å²) in [6, 6.07) is 9.26. The highest BCUT2D eigenvalue weighted by Gasteiger charge is 2.19. The zero-order chi connectivity index (χ0) is 12.3. The maximum Gasteiger partial charge on any atom is 0.0367 e. The monoisotopic (exact) mass is 296 g/mol. The number of nitrogens with one attached hydrogen (secondary N) is 1. The molecule has 0 spiro atoms. The Kier molecular flexibility index (Phi) is 4.46. The Morgan fingerprint density at radius 1 is 1.35 bits per heavy atom. The summed E-state index contributed by atoms with van der Waals surface area (Å²) >= 11 is 3.48. The standard InChI is InChI=1S/C14H21BrN2/c1-11(2)9-13-10-17(8-7-16-13)14-5-3-12(15)4-6-14/h3-6,11,13,16H,7-10H2,1-2H3. The van der Waals surface area contributed by atoms with E-state index in [4.69, 9.17) is 0 Å². The summed E-state index contributed by atoms with van der Waals surface area (Å²) in [5.74, 6) is 0.761. The van der Waals surface area contributed by atoms with Crippen LogP contribution in [0.4, 0.5) is 5.69 Å². The van der Waals surface area contributed by atoms with E-state index in [0.29, 0.717) is 6.04 Å². The van der Waals surface area contributed by atoms with Gasteiger partial charge in [-0.3, -0.25) is 0 Å². The van der Waals surface area contributed by atoms with Crippen LogP contribution in [0.5, 0.6) is 0 Å². The molecule has 1 saturated heterocycles. The van der Waals surface area contributed by atoms with Crippen molar-refractivity contribution in [2.45, 2.75) is 26.3 Å². The van der Waals surface area contributed by atoms with Crippen molar-refractivity contribution in [1.29, 1.82) is 0 Å². The van der Waals surface area contributed by atoms with Crippen LogP contribution in [0.3, 0.4) is 0 Å². The third kappa shape index (κ3) is 3.71. The molecule has 0 bridgehead atoms. The smallest absolute Gasteiger partial charge is 0.0367 e. The van der Waals surface area contributed by atoms with E-state index in [1.165, 1.54) is 12.1 Å². The average molecular weight is 297 g/mol. The average Bonchev–Trinajstić information content (AvgIpc) is 2.29. The van der Waals surface area contributed by atoms with Gasteiger partial charge >= 0.3 is 0 Å². The van der Waals surface area contributed by atoms with Gasteiger partial charge in [0.25, 0.3) is 0 Å². The Balaban J connectivity index is 1.99. The van der Waals surface area contributed by atoms with E-state index in [9.17, 15) is 0 Å². The van der Waals surface area contributed by atoms with Crippen LogP contribution in [0.2, 0.25) is 0 Å². The Morgan fingerprint density at radius 3 is 2.71 bits per heavy atom. The van der Waals surface area contributed by atoms with E-state index >= 15 is 0 Å². The molecule has 94 valence electrons. The van der Waals surface area contributed by atoms with Gasteiger partial charge in [0, 0.05) is 35.8 Å². The minimum Gasteiger partial charge on any atom is -0.369 e. The molecule has 2 rings (SSSR count). The maximum atomic E-state index is 3.61. The van der Waals surface area contributed by atoms with Crippen molar-refractivity contribution in [2.24, 2.45) is 5.92 Å². The molecule has 1 atom stereocenters. The fourth-order valence-electron chi connectivity index (χ4n) is 2.44. The molecule has 1 aliphatic heterocycles. The van der Waals surface area contributed by atoms with Crippen molar-refractivity contribution in [3.05, 3.63) is 28.7 Å². The predicted octanol–water partition coefficient (Wildman–Crippen LogP) is 3.27. The van der Waals surface area contributed by atoms with Crippen molar-refractivity contribution in [1.82, 2.24) is 5.32 Å². The Hall–Kier alpha value is -0.540. The van der Waals surface area contributed by atoms with Gasteiger partial charge < -0.3 is 10.2 Å². The second-order valence-corrected chi connectivity index (χ2v) is 6.12. The lowest BCUT2D eigenvalue weighted by molar-refractivity contribution is 0.388. The summed E-state index contributed by atoms with van der Waals surface area (Å²) in [6.07, 6.45) is 1.26. The van der Waals surface area contributed by atoms with Gasteiger partial charge in [0.1, 0.15) is 0 Å². The number of anilines is 1. The van der Waals surface area contributed by atoms with Crippen LogP contribution in [-0.4, -0.2) is 25.7 Å². The first-order valence-corrected chi connectivity index (χ1v) is 7.18. The van der Waals surface area contributed by atoms with Crippen molar-refractivity contribution < 1.29 is 0 Å². The molecule has 1 aromatic carbocycles. The van der Waals surface area contributed by atoms with Crippen LogP contribution in [0.1, 0.15) is 20.3 Å². The third-order valence-corrected chi connectivity index (χ3v) is 3.73. The minimum absolute atomic E-state index is 0.632. The maximum absolute atomic E-state index is 3.61. The fourth-order valence-corrected chi connectivity index (χ4v) is 2.70. The van der Waals surface area contributed by atoms with Crippen LogP contribution in [0.25, 0.3) is 0 Å². The zero-order valence-corrected chi connectivity index (χ0v) is 12.2. The molecule has 1 aromatic rings. The second kappa shape index (κ2) is 5.87. The van der Waals surface area contributed by atoms with Gasteiger partial charge in [0.2, 0.25) is 0 Å². The third-order valence-electron chi connectivity index (χ3n) is 3.20. The van der Waals surface area contributed by atoms with Crippen LogP contribution < -0.4 is 10.2 Å². The number of hydrogen-bond acceptors (Lipinski definition) is 2. The first-order chi connectivity index (χ1) is 8.15. The summed E-state index contributed by atoms with van der Waals surface area (Å²) in [5, 5.41) is 3.61. The highest BCUT2D eigenvalue weighted by atomic mass is 79.9. The zero-order valence-electron chi connectivity index (χ0n) is 10.6. The van der Waals surface area contributed by atoms with Crippen LogP contribution in [-0.2, 0) is 0 Å². The molecule has 0 radical (unpaired) electrons. The normalized spacial score (nSPS) is 20.9. The van der Waals surface area contributed by atoms with Gasteiger partial charge in [-0.25, -0.2) is 0 Å². The van der Waals surface area contributed by atoms with E-state index in [2.05, 4.69) is 64.3 Å². The molecular weight excluding hydrogens is 276 g/mol. The number of halogens is 1. The van der Waals surface area contributed by atoms with E-state index < -0.39 is 0 Å². The Labute approximate surface area is 113 Å². The second-order valence-electron chi connectivity index (χ2n) is 5.20. The van der Waals surface area contributed by atoms with Gasteiger partial charge in [0.05, 0.1) is 0 Å². The SMILES string of the molecule is CC(C)CC1CN(c2ccc(Br)cc2)CCN1. The molecule has 0 saturated carbocycles. The lowest BCUT2D eigenvalue weighted by Gasteiger charge is -2.36. The Morgan fingerprint density at radius 2 is 2.06 bits per heavy atom. The molecule has 1 aliphatic rings.